The third-order valence-corrected chi connectivity index (χ3v) is 3.10. The molecule has 0 bridgehead atoms. The van der Waals surface area contributed by atoms with Crippen LogP contribution in [0.3, 0.4) is 0 Å². The number of nitrogens with zero attached hydrogens (tertiary/aromatic N) is 3. The number of guanidine groups is 2. The van der Waals surface area contributed by atoms with Crippen molar-refractivity contribution in [3.05, 3.63) is 35.9 Å². The van der Waals surface area contributed by atoms with Crippen molar-refractivity contribution in [2.45, 2.75) is 32.5 Å². The van der Waals surface area contributed by atoms with Gasteiger partial charge in [0.1, 0.15) is 6.61 Å². The summed E-state index contributed by atoms with van der Waals surface area (Å²) in [6.45, 7) is 4.31. The van der Waals surface area contributed by atoms with Crippen molar-refractivity contribution in [3.8, 4) is 0 Å². The summed E-state index contributed by atoms with van der Waals surface area (Å²) in [4.78, 5) is 14.0. The van der Waals surface area contributed by atoms with Crippen LogP contribution in [0.25, 0.3) is 0 Å². The number of aliphatic imine (C=N–C) groups is 2. The van der Waals surface area contributed by atoms with Gasteiger partial charge in [-0.3, -0.25) is 4.84 Å². The van der Waals surface area contributed by atoms with Gasteiger partial charge in [0.05, 0.1) is 0 Å². The van der Waals surface area contributed by atoms with Crippen LogP contribution in [0.1, 0.15) is 25.8 Å². The maximum Gasteiger partial charge on any atom is 0.226 e. The van der Waals surface area contributed by atoms with E-state index in [1.165, 1.54) is 5.06 Å². The highest BCUT2D eigenvalue weighted by Crippen LogP contribution is 2.24. The maximum absolute atomic E-state index is 5.87. The minimum absolute atomic E-state index is 0.182. The highest BCUT2D eigenvalue weighted by Gasteiger charge is 2.36. The van der Waals surface area contributed by atoms with Crippen LogP contribution in [0.2, 0.25) is 0 Å². The molecule has 0 saturated heterocycles. The Morgan fingerprint density at radius 2 is 1.95 bits per heavy atom. The quantitative estimate of drug-likeness (QED) is 0.852. The third-order valence-electron chi connectivity index (χ3n) is 3.10. The average Bonchev–Trinajstić information content (AvgIpc) is 2.38. The van der Waals surface area contributed by atoms with Crippen molar-refractivity contribution in [2.75, 3.05) is 0 Å². The highest BCUT2D eigenvalue weighted by atomic mass is 16.7. The molecule has 4 N–H and O–H groups in total. The van der Waals surface area contributed by atoms with Crippen LogP contribution in [-0.4, -0.2) is 22.6 Å². The summed E-state index contributed by atoms with van der Waals surface area (Å²) in [5.74, 6) is 0.411. The minimum atomic E-state index is -0.620. The number of hydrogen-bond acceptors (Lipinski definition) is 6. The van der Waals surface area contributed by atoms with E-state index in [2.05, 4.69) is 9.98 Å². The minimum Gasteiger partial charge on any atom is -0.368 e. The second kappa shape index (κ2) is 5.27. The van der Waals surface area contributed by atoms with Gasteiger partial charge >= 0.3 is 0 Å². The molecule has 1 aliphatic rings. The molecule has 0 saturated carbocycles. The molecule has 0 aromatic heterocycles. The van der Waals surface area contributed by atoms with Gasteiger partial charge in [0, 0.05) is 0 Å². The lowest BCUT2D eigenvalue weighted by atomic mass is 10.1. The zero-order chi connectivity index (χ0) is 13.9. The maximum atomic E-state index is 5.87. The van der Waals surface area contributed by atoms with Crippen LogP contribution in [0.5, 0.6) is 0 Å². The molecule has 0 spiro atoms. The van der Waals surface area contributed by atoms with Gasteiger partial charge in [-0.1, -0.05) is 37.3 Å². The molecule has 1 aliphatic heterocycles. The fourth-order valence-corrected chi connectivity index (χ4v) is 1.87. The second-order valence-corrected chi connectivity index (χ2v) is 4.56. The standard InChI is InChI=1S/C13H19N5O/c1-3-13(2)17-11(14)16-12(15)18(13)19-9-10-7-5-4-6-8-10/h4-8H,3,9H2,1-2H3,(H4,14,15,16,17). The first-order chi connectivity index (χ1) is 9.05. The van der Waals surface area contributed by atoms with Gasteiger partial charge in [0.2, 0.25) is 11.9 Å². The highest BCUT2D eigenvalue weighted by molar-refractivity contribution is 5.95. The zero-order valence-electron chi connectivity index (χ0n) is 11.2. The SMILES string of the molecule is CCC1(C)N=C(N)N=C(N)N1OCc1ccccc1. The zero-order valence-corrected chi connectivity index (χ0v) is 11.2. The lowest BCUT2D eigenvalue weighted by Gasteiger charge is -2.38. The Kier molecular flexibility index (Phi) is 3.71. The van der Waals surface area contributed by atoms with Crippen molar-refractivity contribution in [2.24, 2.45) is 21.5 Å². The third kappa shape index (κ3) is 2.85. The predicted molar refractivity (Wildman–Crippen MR) is 75.0 cm³/mol. The topological polar surface area (TPSA) is 89.2 Å². The molecule has 6 heteroatoms. The monoisotopic (exact) mass is 261 g/mol. The summed E-state index contributed by atoms with van der Waals surface area (Å²) in [6, 6.07) is 9.85. The van der Waals surface area contributed by atoms with Crippen molar-refractivity contribution >= 4 is 11.9 Å². The van der Waals surface area contributed by atoms with Crippen LogP contribution in [0.15, 0.2) is 40.3 Å². The molecule has 0 aliphatic carbocycles. The van der Waals surface area contributed by atoms with Gasteiger partial charge < -0.3 is 11.5 Å². The smallest absolute Gasteiger partial charge is 0.226 e. The summed E-state index contributed by atoms with van der Waals surface area (Å²) >= 11 is 0. The average molecular weight is 261 g/mol. The molecule has 102 valence electrons. The van der Waals surface area contributed by atoms with E-state index in [0.717, 1.165) is 5.56 Å². The lowest BCUT2D eigenvalue weighted by Crippen LogP contribution is -2.54. The Bertz CT molecular complexity index is 499. The van der Waals surface area contributed by atoms with E-state index in [1.54, 1.807) is 0 Å². The Morgan fingerprint density at radius 1 is 1.26 bits per heavy atom. The molecular formula is C13H19N5O. The number of hydroxylamine groups is 2. The second-order valence-electron chi connectivity index (χ2n) is 4.56. The summed E-state index contributed by atoms with van der Waals surface area (Å²) in [5, 5.41) is 1.52. The molecular weight excluding hydrogens is 242 g/mol. The van der Waals surface area contributed by atoms with Crippen LogP contribution in [-0.2, 0) is 11.4 Å². The molecule has 0 amide bonds. The number of rotatable bonds is 4. The van der Waals surface area contributed by atoms with E-state index < -0.39 is 5.66 Å². The summed E-state index contributed by atoms with van der Waals surface area (Å²) in [6.07, 6.45) is 0.707. The Morgan fingerprint density at radius 3 is 2.58 bits per heavy atom. The Hall–Kier alpha value is -2.08. The van der Waals surface area contributed by atoms with Crippen molar-refractivity contribution in [3.63, 3.8) is 0 Å². The summed E-state index contributed by atoms with van der Waals surface area (Å²) in [7, 11) is 0. The molecule has 0 fully saturated rings. The lowest BCUT2D eigenvalue weighted by molar-refractivity contribution is -0.173. The molecule has 1 unspecified atom stereocenters. The van der Waals surface area contributed by atoms with Gasteiger partial charge in [0.15, 0.2) is 5.66 Å². The molecule has 2 rings (SSSR count). The van der Waals surface area contributed by atoms with Gasteiger partial charge in [-0.15, -0.1) is 0 Å². The number of benzene rings is 1. The van der Waals surface area contributed by atoms with Crippen LogP contribution < -0.4 is 11.5 Å². The molecule has 1 atom stereocenters. The Balaban J connectivity index is 2.12. The van der Waals surface area contributed by atoms with Crippen LogP contribution >= 0.6 is 0 Å². The molecule has 6 nitrogen and oxygen atoms in total. The molecule has 1 aromatic rings. The van der Waals surface area contributed by atoms with Gasteiger partial charge in [-0.25, -0.2) is 4.99 Å². The van der Waals surface area contributed by atoms with E-state index in [1.807, 2.05) is 44.2 Å². The predicted octanol–water partition coefficient (Wildman–Crippen LogP) is 1.19. The fourth-order valence-electron chi connectivity index (χ4n) is 1.87. The normalized spacial score (nSPS) is 22.9. The fraction of sp³-hybridized carbons (Fsp3) is 0.385. The van der Waals surface area contributed by atoms with Crippen molar-refractivity contribution in [1.82, 2.24) is 5.06 Å². The summed E-state index contributed by atoms with van der Waals surface area (Å²) in [5.41, 5.74) is 12.0. The Labute approximate surface area is 112 Å². The molecule has 1 heterocycles. The molecule has 19 heavy (non-hydrogen) atoms. The van der Waals surface area contributed by atoms with E-state index in [-0.39, 0.29) is 11.9 Å². The number of nitrogens with two attached hydrogens (primary N) is 2. The van der Waals surface area contributed by atoms with Crippen molar-refractivity contribution in [1.29, 1.82) is 0 Å². The van der Waals surface area contributed by atoms with E-state index >= 15 is 0 Å². The summed E-state index contributed by atoms with van der Waals surface area (Å²) < 4.78 is 0. The largest absolute Gasteiger partial charge is 0.368 e. The first-order valence-corrected chi connectivity index (χ1v) is 6.22. The van der Waals surface area contributed by atoms with Gasteiger partial charge in [-0.05, 0) is 18.9 Å². The number of hydrogen-bond donors (Lipinski definition) is 2. The molecule has 0 radical (unpaired) electrons. The first-order valence-electron chi connectivity index (χ1n) is 6.22. The van der Waals surface area contributed by atoms with E-state index in [9.17, 15) is 0 Å². The van der Waals surface area contributed by atoms with E-state index in [4.69, 9.17) is 16.3 Å². The van der Waals surface area contributed by atoms with Crippen LogP contribution in [0, 0.1) is 0 Å². The first kappa shape index (κ1) is 13.4. The van der Waals surface area contributed by atoms with Gasteiger partial charge in [-0.2, -0.15) is 10.1 Å². The van der Waals surface area contributed by atoms with Crippen molar-refractivity contribution < 1.29 is 4.84 Å². The molecule has 1 aromatic carbocycles. The van der Waals surface area contributed by atoms with Gasteiger partial charge in [0.25, 0.3) is 0 Å². The van der Waals surface area contributed by atoms with E-state index in [0.29, 0.717) is 13.0 Å². The van der Waals surface area contributed by atoms with Crippen LogP contribution in [0.4, 0.5) is 0 Å².